The molecule has 132 valence electrons. The van der Waals surface area contributed by atoms with Crippen LogP contribution in [0.2, 0.25) is 0 Å². The minimum atomic E-state index is -0.698. The van der Waals surface area contributed by atoms with E-state index in [2.05, 4.69) is 21.2 Å². The number of hydrogen-bond acceptors (Lipinski definition) is 5. The van der Waals surface area contributed by atoms with Crippen LogP contribution in [0, 0.1) is 5.82 Å². The number of carbonyl (C=O) groups is 2. The normalized spacial score (nSPS) is 10.2. The molecule has 1 amide bonds. The molecule has 5 nitrogen and oxygen atoms in total. The molecule has 25 heavy (non-hydrogen) atoms. The molecule has 0 saturated carbocycles. The van der Waals surface area contributed by atoms with Crippen LogP contribution in [-0.4, -0.2) is 31.8 Å². The van der Waals surface area contributed by atoms with Gasteiger partial charge in [0.05, 0.1) is 12.8 Å². The number of rotatable bonds is 6. The first-order valence-electron chi connectivity index (χ1n) is 7.08. The van der Waals surface area contributed by atoms with Gasteiger partial charge >= 0.3 is 5.97 Å². The van der Waals surface area contributed by atoms with E-state index < -0.39 is 24.3 Å². The number of thioether (sulfide) groups is 1. The molecule has 0 fully saturated rings. The molecule has 2 aromatic carbocycles. The number of benzene rings is 2. The zero-order valence-corrected chi connectivity index (χ0v) is 15.9. The number of methoxy groups -OCH3 is 1. The number of esters is 1. The maximum atomic E-state index is 13.7. The molecule has 0 heterocycles. The molecule has 0 aliphatic rings. The number of anilines is 1. The van der Waals surface area contributed by atoms with Gasteiger partial charge in [0, 0.05) is 9.37 Å². The Kier molecular flexibility index (Phi) is 6.83. The van der Waals surface area contributed by atoms with Crippen LogP contribution >= 0.6 is 27.7 Å². The van der Waals surface area contributed by atoms with Crippen LogP contribution < -0.4 is 10.1 Å². The fourth-order valence-electron chi connectivity index (χ4n) is 1.95. The van der Waals surface area contributed by atoms with Crippen LogP contribution in [-0.2, 0) is 9.53 Å². The van der Waals surface area contributed by atoms with Crippen molar-refractivity contribution < 1.29 is 23.5 Å². The smallest absolute Gasteiger partial charge is 0.342 e. The summed E-state index contributed by atoms with van der Waals surface area (Å²) in [6, 6.07) is 9.24. The van der Waals surface area contributed by atoms with E-state index in [0.717, 1.165) is 4.90 Å². The third kappa shape index (κ3) is 5.20. The van der Waals surface area contributed by atoms with E-state index in [1.54, 1.807) is 24.3 Å². The van der Waals surface area contributed by atoms with Crippen molar-refractivity contribution in [1.29, 1.82) is 0 Å². The van der Waals surface area contributed by atoms with Crippen LogP contribution in [0.3, 0.4) is 0 Å². The number of carbonyl (C=O) groups excluding carboxylic acids is 2. The lowest BCUT2D eigenvalue weighted by Gasteiger charge is -2.10. The van der Waals surface area contributed by atoms with Gasteiger partial charge in [-0.3, -0.25) is 4.79 Å². The van der Waals surface area contributed by atoms with Gasteiger partial charge in [-0.25, -0.2) is 9.18 Å². The molecular formula is C17H15BrFNO4S. The van der Waals surface area contributed by atoms with Crippen molar-refractivity contribution in [2.75, 3.05) is 25.3 Å². The first-order valence-corrected chi connectivity index (χ1v) is 9.10. The molecule has 0 aliphatic heterocycles. The van der Waals surface area contributed by atoms with Crippen LogP contribution in [0.4, 0.5) is 10.1 Å². The molecule has 0 aliphatic carbocycles. The van der Waals surface area contributed by atoms with E-state index in [-0.39, 0.29) is 11.3 Å². The summed E-state index contributed by atoms with van der Waals surface area (Å²) in [6.07, 6.45) is 1.90. The van der Waals surface area contributed by atoms with Crippen LogP contribution in [0.5, 0.6) is 5.75 Å². The maximum Gasteiger partial charge on any atom is 0.342 e. The number of hydrogen-bond donors (Lipinski definition) is 1. The van der Waals surface area contributed by atoms with Crippen molar-refractivity contribution >= 4 is 45.3 Å². The summed E-state index contributed by atoms with van der Waals surface area (Å²) < 4.78 is 24.4. The molecule has 2 aromatic rings. The predicted octanol–water partition coefficient (Wildman–Crippen LogP) is 4.11. The molecule has 1 N–H and O–H groups in total. The highest BCUT2D eigenvalue weighted by Crippen LogP contribution is 2.26. The Hall–Kier alpha value is -2.06. The monoisotopic (exact) mass is 427 g/mol. The molecule has 0 radical (unpaired) electrons. The second kappa shape index (κ2) is 8.87. The zero-order chi connectivity index (χ0) is 18.4. The quantitative estimate of drug-likeness (QED) is 0.554. The van der Waals surface area contributed by atoms with Crippen molar-refractivity contribution in [1.82, 2.24) is 0 Å². The number of amides is 1. The number of nitrogens with one attached hydrogen (secondary N) is 1. The molecular weight excluding hydrogens is 413 g/mol. The Bertz CT molecular complexity index is 800. The summed E-state index contributed by atoms with van der Waals surface area (Å²) in [5.41, 5.74) is 0.217. The Morgan fingerprint density at radius 2 is 2.00 bits per heavy atom. The van der Waals surface area contributed by atoms with Gasteiger partial charge < -0.3 is 14.8 Å². The highest BCUT2D eigenvalue weighted by Gasteiger charge is 2.16. The highest BCUT2D eigenvalue weighted by molar-refractivity contribution is 9.10. The van der Waals surface area contributed by atoms with E-state index in [1.807, 2.05) is 6.26 Å². The lowest BCUT2D eigenvalue weighted by Crippen LogP contribution is -2.21. The second-order valence-corrected chi connectivity index (χ2v) is 6.61. The lowest BCUT2D eigenvalue weighted by atomic mass is 10.2. The Balaban J connectivity index is 1.98. The third-order valence-corrected chi connectivity index (χ3v) is 4.39. The molecule has 2 rings (SSSR count). The first kappa shape index (κ1) is 19.3. The SMILES string of the molecule is COc1cc(SC)ccc1C(=O)OCC(=O)Nc1ccc(Br)cc1F. The van der Waals surface area contributed by atoms with Gasteiger partial charge in [0.2, 0.25) is 0 Å². The van der Waals surface area contributed by atoms with Gasteiger partial charge in [0.15, 0.2) is 6.61 Å². The summed E-state index contributed by atoms with van der Waals surface area (Å²) in [5.74, 6) is -1.58. The summed E-state index contributed by atoms with van der Waals surface area (Å²) >= 11 is 4.63. The fourth-order valence-corrected chi connectivity index (χ4v) is 2.72. The Morgan fingerprint density at radius 3 is 2.64 bits per heavy atom. The second-order valence-electron chi connectivity index (χ2n) is 4.81. The van der Waals surface area contributed by atoms with Gasteiger partial charge in [0.25, 0.3) is 5.91 Å². The average molecular weight is 428 g/mol. The largest absolute Gasteiger partial charge is 0.496 e. The third-order valence-electron chi connectivity index (χ3n) is 3.17. The van der Waals surface area contributed by atoms with E-state index in [1.165, 1.54) is 31.0 Å². The predicted molar refractivity (Wildman–Crippen MR) is 97.8 cm³/mol. The Labute approximate surface area is 157 Å². The summed E-state index contributed by atoms with van der Waals surface area (Å²) in [4.78, 5) is 24.9. The average Bonchev–Trinajstić information content (AvgIpc) is 2.61. The Morgan fingerprint density at radius 1 is 1.24 bits per heavy atom. The number of halogens is 2. The minimum absolute atomic E-state index is 0.00570. The summed E-state index contributed by atoms with van der Waals surface area (Å²) in [6.45, 7) is -0.540. The number of ether oxygens (including phenoxy) is 2. The molecule has 0 aromatic heterocycles. The van der Waals surface area contributed by atoms with E-state index >= 15 is 0 Å². The van der Waals surface area contributed by atoms with Gasteiger partial charge in [0.1, 0.15) is 17.1 Å². The lowest BCUT2D eigenvalue weighted by molar-refractivity contribution is -0.119. The van der Waals surface area contributed by atoms with Gasteiger partial charge in [-0.2, -0.15) is 0 Å². The van der Waals surface area contributed by atoms with E-state index in [9.17, 15) is 14.0 Å². The minimum Gasteiger partial charge on any atom is -0.496 e. The van der Waals surface area contributed by atoms with Crippen LogP contribution in [0.1, 0.15) is 10.4 Å². The van der Waals surface area contributed by atoms with E-state index in [0.29, 0.717) is 10.2 Å². The van der Waals surface area contributed by atoms with Crippen LogP contribution in [0.15, 0.2) is 45.8 Å². The molecule has 0 unspecified atom stereocenters. The maximum absolute atomic E-state index is 13.7. The van der Waals surface area contributed by atoms with Crippen molar-refractivity contribution in [2.24, 2.45) is 0 Å². The van der Waals surface area contributed by atoms with Crippen molar-refractivity contribution in [3.05, 3.63) is 52.3 Å². The van der Waals surface area contributed by atoms with Gasteiger partial charge in [-0.15, -0.1) is 11.8 Å². The molecule has 0 saturated heterocycles. The topological polar surface area (TPSA) is 64.6 Å². The van der Waals surface area contributed by atoms with Crippen LogP contribution in [0.25, 0.3) is 0 Å². The molecule has 0 spiro atoms. The fraction of sp³-hybridized carbons (Fsp3) is 0.176. The van der Waals surface area contributed by atoms with Crippen molar-refractivity contribution in [2.45, 2.75) is 4.90 Å². The zero-order valence-electron chi connectivity index (χ0n) is 13.5. The molecule has 0 bridgehead atoms. The molecule has 0 atom stereocenters. The van der Waals surface area contributed by atoms with Crippen molar-refractivity contribution in [3.63, 3.8) is 0 Å². The first-order chi connectivity index (χ1) is 11.9. The van der Waals surface area contributed by atoms with Crippen molar-refractivity contribution in [3.8, 4) is 5.75 Å². The van der Waals surface area contributed by atoms with Gasteiger partial charge in [-0.05, 0) is 42.7 Å². The summed E-state index contributed by atoms with van der Waals surface area (Å²) in [5, 5.41) is 2.34. The highest BCUT2D eigenvalue weighted by atomic mass is 79.9. The summed E-state index contributed by atoms with van der Waals surface area (Å²) in [7, 11) is 1.44. The van der Waals surface area contributed by atoms with Gasteiger partial charge in [-0.1, -0.05) is 15.9 Å². The van der Waals surface area contributed by atoms with E-state index in [4.69, 9.17) is 9.47 Å². The molecule has 8 heteroatoms. The standard InChI is InChI=1S/C17H15BrFNO4S/c1-23-15-8-11(25-2)4-5-12(15)17(22)24-9-16(21)20-14-6-3-10(18)7-13(14)19/h3-8H,9H2,1-2H3,(H,20,21).